The van der Waals surface area contributed by atoms with E-state index in [9.17, 15) is 8.42 Å². The summed E-state index contributed by atoms with van der Waals surface area (Å²) in [6, 6.07) is -0.206. The minimum Gasteiger partial charge on any atom is -1.00 e. The van der Waals surface area contributed by atoms with Crippen LogP contribution in [0.1, 0.15) is 6.42 Å². The molecule has 0 amide bonds. The summed E-state index contributed by atoms with van der Waals surface area (Å²) in [6.45, 7) is 0.750. The predicted octanol–water partition coefficient (Wildman–Crippen LogP) is -2.83. The molecule has 0 aromatic carbocycles. The molecule has 1 atom stereocenters. The highest BCUT2D eigenvalue weighted by Crippen LogP contribution is 2.47. The monoisotopic (exact) mass is 418 g/mol. The van der Waals surface area contributed by atoms with E-state index in [1.54, 1.807) is 0 Å². The summed E-state index contributed by atoms with van der Waals surface area (Å²) in [4.78, 5) is 5.95. The van der Waals surface area contributed by atoms with Crippen molar-refractivity contribution in [3.8, 4) is 0 Å². The van der Waals surface area contributed by atoms with Gasteiger partial charge >= 0.3 is 0 Å². The Kier molecular flexibility index (Phi) is 5.04. The quantitative estimate of drug-likeness (QED) is 0.554. The molecule has 0 fully saturated rings. The van der Waals surface area contributed by atoms with E-state index in [1.165, 1.54) is 28.5 Å². The van der Waals surface area contributed by atoms with Gasteiger partial charge in [-0.05, 0) is 31.5 Å². The van der Waals surface area contributed by atoms with Crippen molar-refractivity contribution >= 4 is 38.0 Å². The van der Waals surface area contributed by atoms with Crippen molar-refractivity contribution in [2.75, 3.05) is 20.6 Å². The molecule has 3 aliphatic heterocycles. The summed E-state index contributed by atoms with van der Waals surface area (Å²) in [5, 5.41) is 15.4. The number of hydrogen-bond acceptors (Lipinski definition) is 9. The van der Waals surface area contributed by atoms with Crippen LogP contribution < -0.4 is 17.5 Å². The van der Waals surface area contributed by atoms with E-state index in [2.05, 4.69) is 20.5 Å². The van der Waals surface area contributed by atoms with Gasteiger partial charge in [-0.2, -0.15) is 0 Å². The van der Waals surface area contributed by atoms with Gasteiger partial charge in [0.25, 0.3) is 0 Å². The van der Waals surface area contributed by atoms with Crippen molar-refractivity contribution in [1.82, 2.24) is 14.9 Å². The number of rotatable bonds is 5. The summed E-state index contributed by atoms with van der Waals surface area (Å²) in [5.41, 5.74) is 3.33. The highest BCUT2D eigenvalue weighted by molar-refractivity contribution is 8.16. The Bertz CT molecular complexity index is 904. The maximum atomic E-state index is 13.2. The molecule has 0 saturated heterocycles. The summed E-state index contributed by atoms with van der Waals surface area (Å²) in [7, 11) is 0.251. The van der Waals surface area contributed by atoms with Gasteiger partial charge in [-0.3, -0.25) is 4.98 Å². The fourth-order valence-electron chi connectivity index (χ4n) is 2.86. The second-order valence-corrected chi connectivity index (χ2v) is 9.65. The van der Waals surface area contributed by atoms with Crippen molar-refractivity contribution in [1.29, 1.82) is 0 Å². The Morgan fingerprint density at radius 3 is 2.88 bits per heavy atom. The maximum Gasteiger partial charge on any atom is 0.236 e. The second kappa shape index (κ2) is 6.80. The molecule has 0 saturated carbocycles. The number of aromatic nitrogens is 1. The third-order valence-corrected chi connectivity index (χ3v) is 7.98. The smallest absolute Gasteiger partial charge is 0.236 e. The van der Waals surface area contributed by atoms with Gasteiger partial charge in [-0.1, -0.05) is 11.8 Å². The van der Waals surface area contributed by atoms with Gasteiger partial charge in [0, 0.05) is 12.1 Å². The molecule has 0 spiro atoms. The van der Waals surface area contributed by atoms with Crippen LogP contribution in [0.4, 0.5) is 0 Å². The van der Waals surface area contributed by atoms with Gasteiger partial charge in [-0.25, -0.2) is 8.42 Å². The van der Waals surface area contributed by atoms with Crippen LogP contribution in [0.15, 0.2) is 47.9 Å². The minimum absolute atomic E-state index is 0. The molecule has 1 aromatic rings. The molecule has 8 nitrogen and oxygen atoms in total. The zero-order valence-electron chi connectivity index (χ0n) is 13.4. The van der Waals surface area contributed by atoms with Gasteiger partial charge in [0.1, 0.15) is 4.21 Å². The fourth-order valence-corrected chi connectivity index (χ4v) is 6.38. The van der Waals surface area contributed by atoms with E-state index in [1.807, 2.05) is 24.4 Å². The first-order valence-electron chi connectivity index (χ1n) is 7.21. The molecular weight excluding hydrogens is 404 g/mol. The van der Waals surface area contributed by atoms with Crippen molar-refractivity contribution in [2.45, 2.75) is 16.7 Å². The normalized spacial score (nSPS) is 21.4. The van der Waals surface area contributed by atoms with Gasteiger partial charge in [0.05, 0.1) is 11.7 Å². The Balaban J connectivity index is 0.00000182. The highest BCUT2D eigenvalue weighted by atomic mass is 35.5. The lowest BCUT2D eigenvalue weighted by molar-refractivity contribution is -0.479. The van der Waals surface area contributed by atoms with Crippen LogP contribution >= 0.6 is 23.1 Å². The number of thioether (sulfide) groups is 1. The Hall–Kier alpha value is -1.27. The molecule has 1 unspecified atom stereocenters. The molecule has 12 heteroatoms. The minimum atomic E-state index is -3.69. The van der Waals surface area contributed by atoms with Crippen LogP contribution in [-0.2, 0) is 9.84 Å². The predicted molar refractivity (Wildman–Crippen MR) is 91.6 cm³/mol. The number of nitrogens with one attached hydrogen (secondary N) is 1. The largest absolute Gasteiger partial charge is 1.00 e. The van der Waals surface area contributed by atoms with E-state index >= 15 is 0 Å². The van der Waals surface area contributed by atoms with Crippen molar-refractivity contribution in [3.05, 3.63) is 33.3 Å². The Morgan fingerprint density at radius 2 is 2.20 bits per heavy atom. The molecule has 134 valence electrons. The first kappa shape index (κ1) is 18.5. The standard InChI is InChI=1S/C13H14N6O2S3.ClH/c1-18(2)4-3-8-9-6-22-12-11(9)19(17-16-15-12)13(8)24(20,21)10-5-14-7-23-10;/h5-7,11H,3-4H2,1-2H3;1H. The van der Waals surface area contributed by atoms with E-state index in [-0.39, 0.29) is 27.7 Å². The number of halogens is 1. The van der Waals surface area contributed by atoms with Crippen LogP contribution in [0.5, 0.6) is 0 Å². The SMILES string of the molecule is CN(C)CCC1=C(S(=O)(=O)c2cncs2)N2N=N[NH+]=C3SC=C1C32.[Cl-]. The molecule has 4 rings (SSSR count). The number of hydrogen-bond donors (Lipinski definition) is 1. The molecule has 0 bridgehead atoms. The lowest BCUT2D eigenvalue weighted by Gasteiger charge is -2.16. The summed E-state index contributed by atoms with van der Waals surface area (Å²) >= 11 is 2.65. The Morgan fingerprint density at radius 1 is 1.40 bits per heavy atom. The molecule has 0 radical (unpaired) electrons. The average Bonchev–Trinajstić information content (AvgIpc) is 3.25. The fraction of sp³-hybridized carbons (Fsp3) is 0.385. The molecular formula is C13H15ClN6O2S3. The van der Waals surface area contributed by atoms with Crippen LogP contribution in [0.2, 0.25) is 0 Å². The third kappa shape index (κ3) is 2.93. The van der Waals surface area contributed by atoms with E-state index in [0.29, 0.717) is 6.42 Å². The lowest BCUT2D eigenvalue weighted by atomic mass is 10.0. The summed E-state index contributed by atoms with van der Waals surface area (Å²) < 4.78 is 26.6. The Labute approximate surface area is 159 Å². The molecule has 25 heavy (non-hydrogen) atoms. The average molecular weight is 419 g/mol. The maximum absolute atomic E-state index is 13.2. The summed E-state index contributed by atoms with van der Waals surface area (Å²) in [6.07, 6.45) is 2.01. The third-order valence-electron chi connectivity index (χ3n) is 3.95. The van der Waals surface area contributed by atoms with Gasteiger partial charge < -0.3 is 17.3 Å². The molecule has 4 heterocycles. The number of nitrogens with zero attached hydrogens (tertiary/aromatic N) is 5. The zero-order chi connectivity index (χ0) is 16.9. The lowest BCUT2D eigenvalue weighted by Crippen LogP contribution is -3.00. The van der Waals surface area contributed by atoms with Crippen LogP contribution in [0.3, 0.4) is 0 Å². The second-order valence-electron chi connectivity index (χ2n) is 5.76. The summed E-state index contributed by atoms with van der Waals surface area (Å²) in [5.74, 6) is 0. The molecule has 1 N–H and O–H groups in total. The van der Waals surface area contributed by atoms with E-state index < -0.39 is 9.84 Å². The first-order chi connectivity index (χ1) is 11.5. The van der Waals surface area contributed by atoms with Gasteiger partial charge in [0.2, 0.25) is 9.84 Å². The van der Waals surface area contributed by atoms with Crippen LogP contribution in [0.25, 0.3) is 0 Å². The van der Waals surface area contributed by atoms with Crippen LogP contribution in [-0.4, -0.2) is 55.0 Å². The number of thiazole rings is 1. The highest BCUT2D eigenvalue weighted by Gasteiger charge is 2.53. The number of sulfone groups is 1. The van der Waals surface area contributed by atoms with Crippen molar-refractivity contribution < 1.29 is 25.9 Å². The first-order valence-corrected chi connectivity index (χ1v) is 10.5. The van der Waals surface area contributed by atoms with E-state index in [4.69, 9.17) is 0 Å². The topological polar surface area (TPSA) is 92.2 Å². The molecule has 3 aliphatic rings. The van der Waals surface area contributed by atoms with Gasteiger partial charge in [-0.15, -0.1) is 21.4 Å². The molecule has 1 aromatic heterocycles. The van der Waals surface area contributed by atoms with E-state index in [0.717, 1.165) is 34.1 Å². The van der Waals surface area contributed by atoms with Crippen molar-refractivity contribution in [2.24, 2.45) is 10.4 Å². The zero-order valence-corrected chi connectivity index (χ0v) is 16.6. The van der Waals surface area contributed by atoms with Crippen LogP contribution in [0, 0.1) is 0 Å². The van der Waals surface area contributed by atoms with Gasteiger partial charge in [0.15, 0.2) is 26.6 Å². The van der Waals surface area contributed by atoms with Crippen molar-refractivity contribution in [3.63, 3.8) is 0 Å². The molecule has 0 aliphatic carbocycles.